The molecule has 1 rings (SSSR count). The van der Waals surface area contributed by atoms with Gasteiger partial charge in [-0.05, 0) is 26.4 Å². The Labute approximate surface area is 107 Å². The van der Waals surface area contributed by atoms with Gasteiger partial charge in [0.05, 0.1) is 11.8 Å². The van der Waals surface area contributed by atoms with Crippen LogP contribution in [-0.4, -0.2) is 32.2 Å². The van der Waals surface area contributed by atoms with E-state index in [1.54, 1.807) is 13.1 Å². The number of nitrogens with zero attached hydrogens (tertiary/aromatic N) is 1. The van der Waals surface area contributed by atoms with Crippen molar-refractivity contribution in [2.75, 3.05) is 18.8 Å². The van der Waals surface area contributed by atoms with Crippen molar-refractivity contribution in [2.24, 2.45) is 0 Å². The van der Waals surface area contributed by atoms with Crippen molar-refractivity contribution in [3.8, 4) is 0 Å². The van der Waals surface area contributed by atoms with Gasteiger partial charge in [0.2, 0.25) is 10.0 Å². The Morgan fingerprint density at radius 3 is 2.88 bits per heavy atom. The van der Waals surface area contributed by atoms with Crippen molar-refractivity contribution in [1.29, 1.82) is 0 Å². The summed E-state index contributed by atoms with van der Waals surface area (Å²) in [5, 5.41) is 5.73. The zero-order valence-electron chi connectivity index (χ0n) is 10.1. The van der Waals surface area contributed by atoms with Gasteiger partial charge in [-0.3, -0.25) is 0 Å². The summed E-state index contributed by atoms with van der Waals surface area (Å²) >= 11 is 1.45. The lowest BCUT2D eigenvalue weighted by Gasteiger charge is -2.11. The molecule has 5 nitrogen and oxygen atoms in total. The highest BCUT2D eigenvalue weighted by Crippen LogP contribution is 2.15. The van der Waals surface area contributed by atoms with Gasteiger partial charge >= 0.3 is 0 Å². The molecule has 1 aromatic rings. The number of aromatic nitrogens is 1. The number of hydrogen-bond acceptors (Lipinski definition) is 5. The van der Waals surface area contributed by atoms with E-state index in [1.807, 2.05) is 12.3 Å². The Hall–Kier alpha value is -0.500. The molecule has 0 aliphatic rings. The molecule has 0 aromatic carbocycles. The van der Waals surface area contributed by atoms with Gasteiger partial charge < -0.3 is 5.32 Å². The Morgan fingerprint density at radius 1 is 1.53 bits per heavy atom. The molecule has 1 unspecified atom stereocenters. The largest absolute Gasteiger partial charge is 0.317 e. The number of sulfonamides is 1. The second-order valence-corrected chi connectivity index (χ2v) is 6.54. The van der Waals surface area contributed by atoms with Gasteiger partial charge in [0.15, 0.2) is 0 Å². The molecule has 0 fully saturated rings. The van der Waals surface area contributed by atoms with Gasteiger partial charge in [0.25, 0.3) is 0 Å². The summed E-state index contributed by atoms with van der Waals surface area (Å²) in [6, 6.07) is -0.251. The van der Waals surface area contributed by atoms with Crippen LogP contribution in [0, 0.1) is 0 Å². The van der Waals surface area contributed by atoms with Crippen molar-refractivity contribution < 1.29 is 8.42 Å². The molecule has 0 amide bonds. The number of hydrogen-bond donors (Lipinski definition) is 2. The van der Waals surface area contributed by atoms with E-state index in [2.05, 4.69) is 15.0 Å². The maximum atomic E-state index is 11.7. The Bertz CT molecular complexity index is 403. The van der Waals surface area contributed by atoms with Crippen LogP contribution in [0.25, 0.3) is 0 Å². The molecule has 1 atom stereocenters. The smallest absolute Gasteiger partial charge is 0.212 e. The van der Waals surface area contributed by atoms with Gasteiger partial charge in [-0.25, -0.2) is 18.1 Å². The molecule has 98 valence electrons. The number of thiazole rings is 1. The van der Waals surface area contributed by atoms with Crippen LogP contribution in [-0.2, 0) is 10.0 Å². The summed E-state index contributed by atoms with van der Waals surface area (Å²) in [6.45, 7) is 5.39. The lowest BCUT2D eigenvalue weighted by atomic mass is 10.4. The quantitative estimate of drug-likeness (QED) is 0.699. The lowest BCUT2D eigenvalue weighted by molar-refractivity contribution is 0.561. The zero-order chi connectivity index (χ0) is 12.7. The van der Waals surface area contributed by atoms with Crippen LogP contribution >= 0.6 is 11.3 Å². The summed E-state index contributed by atoms with van der Waals surface area (Å²) in [6.07, 6.45) is 2.30. The third-order valence-electron chi connectivity index (χ3n) is 2.19. The van der Waals surface area contributed by atoms with Crippen LogP contribution in [0.15, 0.2) is 11.6 Å². The standard InChI is InChI=1S/C10H19N3O2S2/c1-3-11-5-4-8-17(14,15)13-9(2)10-12-6-7-16-10/h6-7,9,11,13H,3-5,8H2,1-2H3. The summed E-state index contributed by atoms with van der Waals surface area (Å²) < 4.78 is 26.1. The van der Waals surface area contributed by atoms with Crippen molar-refractivity contribution in [3.63, 3.8) is 0 Å². The monoisotopic (exact) mass is 277 g/mol. The molecular formula is C10H19N3O2S2. The van der Waals surface area contributed by atoms with E-state index in [0.717, 1.165) is 18.1 Å². The van der Waals surface area contributed by atoms with Crippen LogP contribution in [0.3, 0.4) is 0 Å². The first-order chi connectivity index (χ1) is 8.05. The van der Waals surface area contributed by atoms with Crippen LogP contribution in [0.4, 0.5) is 0 Å². The highest BCUT2D eigenvalue weighted by Gasteiger charge is 2.16. The van der Waals surface area contributed by atoms with Gasteiger partial charge in [0.1, 0.15) is 5.01 Å². The molecule has 0 radical (unpaired) electrons. The molecule has 2 N–H and O–H groups in total. The van der Waals surface area contributed by atoms with E-state index >= 15 is 0 Å². The normalized spacial score (nSPS) is 13.8. The van der Waals surface area contributed by atoms with Crippen molar-refractivity contribution in [3.05, 3.63) is 16.6 Å². The molecule has 1 heterocycles. The fraction of sp³-hybridized carbons (Fsp3) is 0.700. The van der Waals surface area contributed by atoms with E-state index in [4.69, 9.17) is 0 Å². The van der Waals surface area contributed by atoms with E-state index in [0.29, 0.717) is 6.42 Å². The van der Waals surface area contributed by atoms with E-state index in [-0.39, 0.29) is 11.8 Å². The molecule has 0 bridgehead atoms. The van der Waals surface area contributed by atoms with Gasteiger partial charge in [-0.1, -0.05) is 6.92 Å². The van der Waals surface area contributed by atoms with E-state index in [1.165, 1.54) is 11.3 Å². The molecule has 1 aromatic heterocycles. The first-order valence-corrected chi connectivity index (χ1v) is 8.18. The minimum Gasteiger partial charge on any atom is -0.317 e. The minimum atomic E-state index is -3.21. The average Bonchev–Trinajstić information content (AvgIpc) is 2.77. The molecule has 0 saturated heterocycles. The number of nitrogens with one attached hydrogen (secondary N) is 2. The van der Waals surface area contributed by atoms with Crippen molar-refractivity contribution in [1.82, 2.24) is 15.0 Å². The molecule has 17 heavy (non-hydrogen) atoms. The minimum absolute atomic E-state index is 0.149. The Balaban J connectivity index is 2.38. The van der Waals surface area contributed by atoms with Crippen LogP contribution in [0.1, 0.15) is 31.3 Å². The molecule has 0 saturated carbocycles. The number of rotatable bonds is 8. The van der Waals surface area contributed by atoms with E-state index < -0.39 is 10.0 Å². The molecular weight excluding hydrogens is 258 g/mol. The Kier molecular flexibility index (Phi) is 6.04. The highest BCUT2D eigenvalue weighted by molar-refractivity contribution is 7.89. The second-order valence-electron chi connectivity index (χ2n) is 3.74. The molecule has 0 aliphatic carbocycles. The summed E-state index contributed by atoms with van der Waals surface area (Å²) in [5.74, 6) is 0.149. The predicted molar refractivity (Wildman–Crippen MR) is 70.6 cm³/mol. The maximum absolute atomic E-state index is 11.7. The second kappa shape index (κ2) is 7.05. The van der Waals surface area contributed by atoms with Crippen LogP contribution in [0.2, 0.25) is 0 Å². The third-order valence-corrected chi connectivity index (χ3v) is 4.69. The SMILES string of the molecule is CCNCCCS(=O)(=O)NC(C)c1nccs1. The predicted octanol–water partition coefficient (Wildman–Crippen LogP) is 1.12. The summed E-state index contributed by atoms with van der Waals surface area (Å²) in [4.78, 5) is 4.09. The zero-order valence-corrected chi connectivity index (χ0v) is 11.8. The summed E-state index contributed by atoms with van der Waals surface area (Å²) in [5.41, 5.74) is 0. The molecule has 0 spiro atoms. The third kappa shape index (κ3) is 5.58. The molecule has 7 heteroatoms. The van der Waals surface area contributed by atoms with Crippen molar-refractivity contribution >= 4 is 21.4 Å². The maximum Gasteiger partial charge on any atom is 0.212 e. The Morgan fingerprint density at radius 2 is 2.29 bits per heavy atom. The van der Waals surface area contributed by atoms with E-state index in [9.17, 15) is 8.42 Å². The van der Waals surface area contributed by atoms with Gasteiger partial charge in [-0.15, -0.1) is 11.3 Å². The lowest BCUT2D eigenvalue weighted by Crippen LogP contribution is -2.30. The topological polar surface area (TPSA) is 71.1 Å². The fourth-order valence-corrected chi connectivity index (χ4v) is 3.40. The summed E-state index contributed by atoms with van der Waals surface area (Å²) in [7, 11) is -3.21. The molecule has 0 aliphatic heterocycles. The highest BCUT2D eigenvalue weighted by atomic mass is 32.2. The van der Waals surface area contributed by atoms with Crippen LogP contribution in [0.5, 0.6) is 0 Å². The van der Waals surface area contributed by atoms with Gasteiger partial charge in [0, 0.05) is 11.6 Å². The van der Waals surface area contributed by atoms with Crippen molar-refractivity contribution in [2.45, 2.75) is 26.3 Å². The fourth-order valence-electron chi connectivity index (χ4n) is 1.39. The van der Waals surface area contributed by atoms with Crippen LogP contribution < -0.4 is 10.0 Å². The first-order valence-electron chi connectivity index (χ1n) is 5.65. The van der Waals surface area contributed by atoms with Gasteiger partial charge in [-0.2, -0.15) is 0 Å². The average molecular weight is 277 g/mol. The first kappa shape index (κ1) is 14.6.